The summed E-state index contributed by atoms with van der Waals surface area (Å²) in [6, 6.07) is 8.96. The van der Waals surface area contributed by atoms with Gasteiger partial charge in [-0.3, -0.25) is 0 Å². The van der Waals surface area contributed by atoms with Crippen LogP contribution in [-0.4, -0.2) is 75.7 Å². The molecule has 0 radical (unpaired) electrons. The summed E-state index contributed by atoms with van der Waals surface area (Å²) in [4.78, 5) is 22.8. The number of hydrogen-bond acceptors (Lipinski definition) is 4. The van der Waals surface area contributed by atoms with E-state index >= 15 is 0 Å². The van der Waals surface area contributed by atoms with Crippen molar-refractivity contribution < 1.29 is 4.79 Å². The topological polar surface area (TPSA) is 68.4 Å². The predicted octanol–water partition coefficient (Wildman–Crippen LogP) is 3.35. The van der Waals surface area contributed by atoms with Crippen LogP contribution in [-0.2, 0) is 6.54 Å². The van der Waals surface area contributed by atoms with Crippen LogP contribution < -0.4 is 0 Å². The molecule has 1 aromatic heterocycles. The van der Waals surface area contributed by atoms with Crippen molar-refractivity contribution in [3.8, 4) is 0 Å². The Bertz CT molecular complexity index is 993. The third-order valence-electron chi connectivity index (χ3n) is 7.89. The number of H-pyrrole nitrogens is 1. The van der Waals surface area contributed by atoms with Crippen LogP contribution in [0.25, 0.3) is 0 Å². The Morgan fingerprint density at radius 1 is 1.12 bits per heavy atom. The van der Waals surface area contributed by atoms with Gasteiger partial charge in [-0.15, -0.1) is 10.2 Å². The zero-order valence-electron chi connectivity index (χ0n) is 19.3. The van der Waals surface area contributed by atoms with Gasteiger partial charge in [0.15, 0.2) is 0 Å². The Labute approximate surface area is 190 Å². The number of aryl methyl sites for hydroxylation is 1. The molecule has 7 nitrogen and oxygen atoms in total. The third-order valence-corrected chi connectivity index (χ3v) is 7.89. The van der Waals surface area contributed by atoms with Gasteiger partial charge in [0.1, 0.15) is 11.6 Å². The molecule has 4 fully saturated rings. The highest BCUT2D eigenvalue weighted by Gasteiger charge is 2.55. The van der Waals surface area contributed by atoms with Crippen molar-refractivity contribution in [1.82, 2.24) is 29.9 Å². The lowest BCUT2D eigenvalue weighted by Gasteiger charge is -2.59. The molecule has 3 heterocycles. The van der Waals surface area contributed by atoms with Crippen molar-refractivity contribution in [3.63, 3.8) is 0 Å². The first-order chi connectivity index (χ1) is 15.5. The SMILES string of the molecule is Cc1cccc(CN(C)CC2CN(C(=O)N3CC4(CC(c5nnc(C6CC6)[nH]5)C4)C3)C2)c1. The molecule has 2 amide bonds. The summed E-state index contributed by atoms with van der Waals surface area (Å²) in [7, 11) is 2.18. The molecule has 1 aromatic carbocycles. The molecule has 4 aliphatic rings. The monoisotopic (exact) mass is 434 g/mol. The summed E-state index contributed by atoms with van der Waals surface area (Å²) in [5.41, 5.74) is 3.01. The minimum Gasteiger partial charge on any atom is -0.328 e. The zero-order valence-corrected chi connectivity index (χ0v) is 19.3. The number of aromatic nitrogens is 3. The van der Waals surface area contributed by atoms with E-state index in [2.05, 4.69) is 63.2 Å². The molecule has 0 atom stereocenters. The average Bonchev–Trinajstić information content (AvgIpc) is 3.40. The van der Waals surface area contributed by atoms with Gasteiger partial charge >= 0.3 is 6.03 Å². The van der Waals surface area contributed by atoms with Gasteiger partial charge in [-0.05, 0) is 45.2 Å². The molecule has 6 rings (SSSR count). The van der Waals surface area contributed by atoms with Crippen LogP contribution in [0.15, 0.2) is 24.3 Å². The average molecular weight is 435 g/mol. The predicted molar refractivity (Wildman–Crippen MR) is 122 cm³/mol. The van der Waals surface area contributed by atoms with Crippen molar-refractivity contribution in [3.05, 3.63) is 47.0 Å². The van der Waals surface area contributed by atoms with Gasteiger partial charge in [0.25, 0.3) is 0 Å². The Morgan fingerprint density at radius 3 is 2.53 bits per heavy atom. The molecule has 32 heavy (non-hydrogen) atoms. The van der Waals surface area contributed by atoms with E-state index < -0.39 is 0 Å². The number of nitrogens with zero attached hydrogens (tertiary/aromatic N) is 5. The van der Waals surface area contributed by atoms with Crippen LogP contribution >= 0.6 is 0 Å². The van der Waals surface area contributed by atoms with Gasteiger partial charge in [-0.25, -0.2) is 4.79 Å². The molecular formula is C25H34N6O. The first kappa shape index (κ1) is 20.2. The Balaban J connectivity index is 0.915. The minimum absolute atomic E-state index is 0.243. The van der Waals surface area contributed by atoms with Gasteiger partial charge in [0.05, 0.1) is 0 Å². The normalized spacial score (nSPS) is 22.7. The number of hydrogen-bond donors (Lipinski definition) is 1. The number of amides is 2. The van der Waals surface area contributed by atoms with Crippen molar-refractivity contribution in [2.45, 2.75) is 51.0 Å². The number of aromatic amines is 1. The van der Waals surface area contributed by atoms with Gasteiger partial charge in [-0.2, -0.15) is 0 Å². The molecule has 2 aliphatic heterocycles. The minimum atomic E-state index is 0.243. The van der Waals surface area contributed by atoms with Crippen molar-refractivity contribution >= 4 is 6.03 Å². The number of rotatable bonds is 6. The summed E-state index contributed by atoms with van der Waals surface area (Å²) in [5.74, 6) is 3.88. The van der Waals surface area contributed by atoms with Gasteiger partial charge in [0, 0.05) is 62.4 Å². The van der Waals surface area contributed by atoms with E-state index in [4.69, 9.17) is 0 Å². The highest BCUT2D eigenvalue weighted by atomic mass is 16.2. The summed E-state index contributed by atoms with van der Waals surface area (Å²) in [6.07, 6.45) is 4.78. The molecule has 7 heteroatoms. The van der Waals surface area contributed by atoms with Crippen LogP contribution in [0.2, 0.25) is 0 Å². The van der Waals surface area contributed by atoms with Crippen molar-refractivity contribution in [2.75, 3.05) is 39.8 Å². The number of carbonyl (C=O) groups excluding carboxylic acids is 1. The molecule has 2 aliphatic carbocycles. The van der Waals surface area contributed by atoms with Crippen molar-refractivity contribution in [1.29, 1.82) is 0 Å². The molecule has 170 valence electrons. The number of carbonyl (C=O) groups is 1. The van der Waals surface area contributed by atoms with E-state index in [1.807, 2.05) is 4.90 Å². The van der Waals surface area contributed by atoms with Gasteiger partial charge in [-0.1, -0.05) is 29.8 Å². The maximum atomic E-state index is 12.8. The highest BCUT2D eigenvalue weighted by Crippen LogP contribution is 2.55. The molecule has 1 N–H and O–H groups in total. The van der Waals surface area contributed by atoms with E-state index in [1.54, 1.807) is 0 Å². The molecule has 0 unspecified atom stereocenters. The summed E-state index contributed by atoms with van der Waals surface area (Å²) in [5, 5.41) is 8.72. The lowest BCUT2D eigenvalue weighted by atomic mass is 9.57. The molecule has 1 spiro atoms. The van der Waals surface area contributed by atoms with E-state index in [0.717, 1.165) is 63.8 Å². The summed E-state index contributed by atoms with van der Waals surface area (Å²) in [6.45, 7) is 7.78. The lowest BCUT2D eigenvalue weighted by molar-refractivity contribution is -0.0630. The largest absolute Gasteiger partial charge is 0.328 e. The number of nitrogens with one attached hydrogen (secondary N) is 1. The molecule has 2 saturated carbocycles. The molecular weight excluding hydrogens is 400 g/mol. The first-order valence-corrected chi connectivity index (χ1v) is 12.2. The van der Waals surface area contributed by atoms with E-state index in [1.165, 1.54) is 24.0 Å². The van der Waals surface area contributed by atoms with Gasteiger partial charge < -0.3 is 19.7 Å². The van der Waals surface area contributed by atoms with E-state index in [9.17, 15) is 4.79 Å². The fraction of sp³-hybridized carbons (Fsp3) is 0.640. The van der Waals surface area contributed by atoms with Crippen LogP contribution in [0.3, 0.4) is 0 Å². The molecule has 2 aromatic rings. The standard InChI is InChI=1S/C25H34N6O/c1-17-4-3-5-18(8-17)11-29(2)12-19-13-30(14-19)24(32)31-15-25(16-31)9-21(10-25)23-26-22(27-28-23)20-6-7-20/h3-5,8,19-21H,6-7,9-16H2,1-2H3,(H,26,27,28). The van der Waals surface area contributed by atoms with Crippen LogP contribution in [0.1, 0.15) is 60.3 Å². The highest BCUT2D eigenvalue weighted by molar-refractivity contribution is 5.76. The number of urea groups is 1. The number of benzene rings is 1. The molecule has 0 bridgehead atoms. The fourth-order valence-corrected chi connectivity index (χ4v) is 6.02. The maximum Gasteiger partial charge on any atom is 0.320 e. The summed E-state index contributed by atoms with van der Waals surface area (Å²) >= 11 is 0. The van der Waals surface area contributed by atoms with Crippen LogP contribution in [0, 0.1) is 18.3 Å². The Kier molecular flexibility index (Phi) is 4.79. The maximum absolute atomic E-state index is 12.8. The van der Waals surface area contributed by atoms with Gasteiger partial charge in [0.2, 0.25) is 0 Å². The second-order valence-electron chi connectivity index (χ2n) is 11.1. The van der Waals surface area contributed by atoms with E-state index in [-0.39, 0.29) is 6.03 Å². The Hall–Kier alpha value is -2.41. The lowest BCUT2D eigenvalue weighted by Crippen LogP contribution is -2.67. The third kappa shape index (κ3) is 3.81. The number of likely N-dealkylation sites (tertiary alicyclic amines) is 2. The van der Waals surface area contributed by atoms with Crippen LogP contribution in [0.5, 0.6) is 0 Å². The Morgan fingerprint density at radius 2 is 1.84 bits per heavy atom. The van der Waals surface area contributed by atoms with Crippen molar-refractivity contribution in [2.24, 2.45) is 11.3 Å². The van der Waals surface area contributed by atoms with Crippen LogP contribution in [0.4, 0.5) is 4.79 Å². The fourth-order valence-electron chi connectivity index (χ4n) is 6.02. The van der Waals surface area contributed by atoms with E-state index in [0.29, 0.717) is 23.2 Å². The summed E-state index contributed by atoms with van der Waals surface area (Å²) < 4.78 is 0. The second-order valence-corrected chi connectivity index (χ2v) is 11.1. The quantitative estimate of drug-likeness (QED) is 0.757. The smallest absolute Gasteiger partial charge is 0.320 e. The second kappa shape index (κ2) is 7.58. The molecule has 2 saturated heterocycles. The zero-order chi connectivity index (χ0) is 21.9. The first-order valence-electron chi connectivity index (χ1n) is 12.2.